The lowest BCUT2D eigenvalue weighted by atomic mass is 9.96. The molecule has 1 unspecified atom stereocenters. The van der Waals surface area contributed by atoms with Gasteiger partial charge < -0.3 is 10.3 Å². The monoisotopic (exact) mass is 427 g/mol. The molecule has 164 valence electrons. The lowest BCUT2D eigenvalue weighted by Gasteiger charge is -2.43. The van der Waals surface area contributed by atoms with Crippen molar-refractivity contribution in [1.29, 1.82) is 0 Å². The maximum Gasteiger partial charge on any atom is 0.181 e. The third-order valence-electron chi connectivity index (χ3n) is 6.24. The summed E-state index contributed by atoms with van der Waals surface area (Å²) in [5.41, 5.74) is 11.0. The molecule has 1 aliphatic rings. The van der Waals surface area contributed by atoms with Gasteiger partial charge in [-0.3, -0.25) is 9.80 Å². The molecule has 2 aromatic carbocycles. The van der Waals surface area contributed by atoms with E-state index in [1.165, 1.54) is 11.1 Å². The fourth-order valence-corrected chi connectivity index (χ4v) is 4.61. The predicted molar refractivity (Wildman–Crippen MR) is 126 cm³/mol. The largest absolute Gasteiger partial charge is 0.328 e. The van der Waals surface area contributed by atoms with Crippen LogP contribution in [0.4, 0.5) is 0 Å². The summed E-state index contributed by atoms with van der Waals surface area (Å²) in [5.74, 6) is 0.794. The van der Waals surface area contributed by atoms with E-state index in [0.29, 0.717) is 6.54 Å². The Kier molecular flexibility index (Phi) is 5.94. The Bertz CT molecular complexity index is 1120. The van der Waals surface area contributed by atoms with Gasteiger partial charge >= 0.3 is 0 Å². The number of hydrogen-bond acceptors (Lipinski definition) is 6. The number of rotatable bonds is 6. The fourth-order valence-electron chi connectivity index (χ4n) is 4.61. The van der Waals surface area contributed by atoms with Crippen LogP contribution < -0.4 is 5.73 Å². The second-order valence-electron chi connectivity index (χ2n) is 8.29. The number of nitrogens with two attached hydrogens (primary N) is 1. The van der Waals surface area contributed by atoms with E-state index in [2.05, 4.69) is 96.9 Å². The first kappa shape index (κ1) is 20.8. The van der Waals surface area contributed by atoms with Crippen molar-refractivity contribution < 1.29 is 0 Å². The zero-order valence-electron chi connectivity index (χ0n) is 18.4. The third kappa shape index (κ3) is 4.14. The van der Waals surface area contributed by atoms with Crippen molar-refractivity contribution in [3.05, 3.63) is 90.1 Å². The van der Waals surface area contributed by atoms with Crippen LogP contribution in [-0.2, 0) is 13.1 Å². The molecule has 0 spiro atoms. The maximum absolute atomic E-state index is 6.74. The molecule has 7 heteroatoms. The highest BCUT2D eigenvalue weighted by molar-refractivity contribution is 5.69. The van der Waals surface area contributed by atoms with Gasteiger partial charge in [0.2, 0.25) is 0 Å². The molecule has 0 saturated carbocycles. The van der Waals surface area contributed by atoms with Crippen molar-refractivity contribution >= 4 is 11.2 Å². The number of piperazine rings is 1. The van der Waals surface area contributed by atoms with Crippen LogP contribution in [0.15, 0.2) is 73.2 Å². The van der Waals surface area contributed by atoms with Crippen LogP contribution in [0.1, 0.15) is 29.9 Å². The molecule has 0 bridgehead atoms. The lowest BCUT2D eigenvalue weighted by Crippen LogP contribution is -2.58. The van der Waals surface area contributed by atoms with Crippen LogP contribution in [-0.4, -0.2) is 55.1 Å². The standard InChI is InChI=1S/C25H29N7/c1-2-31-18-28-25-21(31)15-27-23(29-25)17-30-13-14-32(22(26)16-30)24(19-9-5-3-6-10-19)20-11-7-4-8-12-20/h3-12,15,18,22,24H,2,13-14,16-17,26H2,1H3. The van der Waals surface area contributed by atoms with Gasteiger partial charge in [-0.15, -0.1) is 0 Å². The van der Waals surface area contributed by atoms with Gasteiger partial charge in [-0.05, 0) is 18.1 Å². The first-order valence-electron chi connectivity index (χ1n) is 11.2. The molecule has 0 amide bonds. The maximum atomic E-state index is 6.74. The minimum absolute atomic E-state index is 0.0859. The molecule has 0 aliphatic carbocycles. The number of aromatic nitrogens is 4. The van der Waals surface area contributed by atoms with Crippen molar-refractivity contribution in [3.63, 3.8) is 0 Å². The van der Waals surface area contributed by atoms with Crippen LogP contribution >= 0.6 is 0 Å². The van der Waals surface area contributed by atoms with Gasteiger partial charge in [-0.2, -0.15) is 0 Å². The van der Waals surface area contributed by atoms with E-state index in [9.17, 15) is 0 Å². The van der Waals surface area contributed by atoms with Crippen molar-refractivity contribution in [2.75, 3.05) is 19.6 Å². The first-order valence-corrected chi connectivity index (χ1v) is 11.2. The molecule has 1 atom stereocenters. The molecule has 1 aliphatic heterocycles. The molecular weight excluding hydrogens is 398 g/mol. The Morgan fingerprint density at radius 3 is 2.28 bits per heavy atom. The van der Waals surface area contributed by atoms with Crippen LogP contribution in [0.2, 0.25) is 0 Å². The van der Waals surface area contributed by atoms with Gasteiger partial charge in [0.25, 0.3) is 0 Å². The van der Waals surface area contributed by atoms with E-state index in [-0.39, 0.29) is 12.2 Å². The van der Waals surface area contributed by atoms with Crippen molar-refractivity contribution in [2.45, 2.75) is 32.2 Å². The lowest BCUT2D eigenvalue weighted by molar-refractivity contribution is 0.0497. The van der Waals surface area contributed by atoms with Crippen molar-refractivity contribution in [3.8, 4) is 0 Å². The van der Waals surface area contributed by atoms with Gasteiger partial charge in [0.05, 0.1) is 31.3 Å². The second kappa shape index (κ2) is 9.16. The summed E-state index contributed by atoms with van der Waals surface area (Å²) < 4.78 is 2.06. The van der Waals surface area contributed by atoms with Crippen LogP contribution in [0, 0.1) is 0 Å². The molecule has 1 saturated heterocycles. The van der Waals surface area contributed by atoms with E-state index in [4.69, 9.17) is 5.73 Å². The Balaban J connectivity index is 1.33. The van der Waals surface area contributed by atoms with Gasteiger partial charge in [-0.25, -0.2) is 15.0 Å². The van der Waals surface area contributed by atoms with Crippen molar-refractivity contribution in [1.82, 2.24) is 29.3 Å². The first-order chi connectivity index (χ1) is 15.7. The molecule has 2 N–H and O–H groups in total. The number of aryl methyl sites for hydroxylation is 1. The van der Waals surface area contributed by atoms with E-state index in [1.54, 1.807) is 0 Å². The smallest absolute Gasteiger partial charge is 0.181 e. The van der Waals surface area contributed by atoms with Gasteiger partial charge in [0, 0.05) is 26.2 Å². The summed E-state index contributed by atoms with van der Waals surface area (Å²) in [7, 11) is 0. The van der Waals surface area contributed by atoms with E-state index in [0.717, 1.165) is 43.2 Å². The van der Waals surface area contributed by atoms with Gasteiger partial charge in [0.15, 0.2) is 5.65 Å². The minimum atomic E-state index is -0.0859. The Hall–Kier alpha value is -3.13. The normalized spacial score (nSPS) is 17.9. The SMILES string of the molecule is CCn1cnc2nc(CN3CCN(C(c4ccccc4)c4ccccc4)C(N)C3)ncc21. The molecule has 7 nitrogen and oxygen atoms in total. The molecular formula is C25H29N7. The number of nitrogens with zero attached hydrogens (tertiary/aromatic N) is 6. The Morgan fingerprint density at radius 2 is 1.66 bits per heavy atom. The summed E-state index contributed by atoms with van der Waals surface area (Å²) in [6.07, 6.45) is 3.62. The van der Waals surface area contributed by atoms with E-state index in [1.807, 2.05) is 12.5 Å². The minimum Gasteiger partial charge on any atom is -0.328 e. The van der Waals surface area contributed by atoms with Crippen molar-refractivity contribution in [2.24, 2.45) is 5.73 Å². The van der Waals surface area contributed by atoms with E-state index >= 15 is 0 Å². The zero-order chi connectivity index (χ0) is 21.9. The summed E-state index contributed by atoms with van der Waals surface area (Å²) in [6.45, 7) is 6.18. The molecule has 2 aromatic heterocycles. The zero-order valence-corrected chi connectivity index (χ0v) is 18.4. The third-order valence-corrected chi connectivity index (χ3v) is 6.24. The summed E-state index contributed by atoms with van der Waals surface area (Å²) in [6, 6.07) is 21.4. The van der Waals surface area contributed by atoms with Crippen LogP contribution in [0.5, 0.6) is 0 Å². The summed E-state index contributed by atoms with van der Waals surface area (Å²) >= 11 is 0. The number of fused-ring (bicyclic) bond motifs is 1. The number of imidazole rings is 1. The average molecular weight is 428 g/mol. The number of benzene rings is 2. The fraction of sp³-hybridized carbons (Fsp3) is 0.320. The van der Waals surface area contributed by atoms with E-state index < -0.39 is 0 Å². The number of hydrogen-bond donors (Lipinski definition) is 1. The van der Waals surface area contributed by atoms with Gasteiger partial charge in [0.1, 0.15) is 11.3 Å². The summed E-state index contributed by atoms with van der Waals surface area (Å²) in [4.78, 5) is 18.4. The average Bonchev–Trinajstić information content (AvgIpc) is 3.24. The summed E-state index contributed by atoms with van der Waals surface area (Å²) in [5, 5.41) is 0. The Morgan fingerprint density at radius 1 is 0.969 bits per heavy atom. The molecule has 1 fully saturated rings. The highest BCUT2D eigenvalue weighted by atomic mass is 15.3. The highest BCUT2D eigenvalue weighted by Gasteiger charge is 2.32. The topological polar surface area (TPSA) is 76.1 Å². The van der Waals surface area contributed by atoms with Crippen LogP contribution in [0.3, 0.4) is 0 Å². The Labute approximate surface area is 188 Å². The molecule has 3 heterocycles. The van der Waals surface area contributed by atoms with Gasteiger partial charge in [-0.1, -0.05) is 60.7 Å². The molecule has 4 aromatic rings. The quantitative estimate of drug-likeness (QED) is 0.510. The molecule has 0 radical (unpaired) electrons. The highest BCUT2D eigenvalue weighted by Crippen LogP contribution is 2.31. The molecule has 32 heavy (non-hydrogen) atoms. The molecule has 5 rings (SSSR count). The van der Waals surface area contributed by atoms with Crippen LogP contribution in [0.25, 0.3) is 11.2 Å². The second-order valence-corrected chi connectivity index (χ2v) is 8.29. The predicted octanol–water partition coefficient (Wildman–Crippen LogP) is 3.04.